The highest BCUT2D eigenvalue weighted by Crippen LogP contribution is 2.23. The molecule has 0 heterocycles. The number of anilines is 1. The zero-order chi connectivity index (χ0) is 13.8. The van der Waals surface area contributed by atoms with Crippen molar-refractivity contribution in [2.24, 2.45) is 5.16 Å². The fourth-order valence-electron chi connectivity index (χ4n) is 1.73. The maximum absolute atomic E-state index is 10.8. The van der Waals surface area contributed by atoms with Crippen molar-refractivity contribution in [2.45, 2.75) is 0 Å². The van der Waals surface area contributed by atoms with E-state index < -0.39 is 4.92 Å². The third kappa shape index (κ3) is 2.52. The Labute approximate surface area is 108 Å². The second kappa shape index (κ2) is 5.18. The van der Waals surface area contributed by atoms with E-state index in [4.69, 9.17) is 10.9 Å². The maximum Gasteiger partial charge on any atom is 0.270 e. The number of nitro groups is 1. The van der Waals surface area contributed by atoms with Gasteiger partial charge in [0, 0.05) is 28.9 Å². The number of benzene rings is 2. The van der Waals surface area contributed by atoms with Crippen LogP contribution in [0, 0.1) is 10.1 Å². The van der Waals surface area contributed by atoms with Crippen molar-refractivity contribution in [2.75, 3.05) is 5.73 Å². The van der Waals surface area contributed by atoms with E-state index in [0.29, 0.717) is 16.8 Å². The summed E-state index contributed by atoms with van der Waals surface area (Å²) < 4.78 is 0. The van der Waals surface area contributed by atoms with E-state index in [1.165, 1.54) is 18.2 Å². The summed E-state index contributed by atoms with van der Waals surface area (Å²) in [6, 6.07) is 12.8. The number of hydrogen-bond donors (Lipinski definition) is 2. The van der Waals surface area contributed by atoms with Crippen LogP contribution in [0.5, 0.6) is 0 Å². The molecule has 0 atom stereocenters. The SMILES string of the molecule is Nc1ccc([N+](=O)[O-])cc1/C(=N/O)c1ccccc1. The Balaban J connectivity index is 2.56. The van der Waals surface area contributed by atoms with E-state index in [2.05, 4.69) is 5.16 Å². The number of nitrogen functional groups attached to an aromatic ring is 1. The molecule has 6 heteroatoms. The molecule has 2 rings (SSSR count). The predicted molar refractivity (Wildman–Crippen MR) is 71.4 cm³/mol. The standard InChI is InChI=1S/C13H11N3O3/c14-12-7-6-10(16(18)19)8-11(12)13(15-17)9-4-2-1-3-5-9/h1-8,17H,14H2/b15-13+. The minimum Gasteiger partial charge on any atom is -0.410 e. The van der Waals surface area contributed by atoms with E-state index in [1.807, 2.05) is 6.07 Å². The largest absolute Gasteiger partial charge is 0.410 e. The first kappa shape index (κ1) is 12.6. The molecule has 0 spiro atoms. The summed E-state index contributed by atoms with van der Waals surface area (Å²) in [6.45, 7) is 0. The number of oxime groups is 1. The summed E-state index contributed by atoms with van der Waals surface area (Å²) in [5, 5.41) is 23.1. The van der Waals surface area contributed by atoms with Crippen LogP contribution < -0.4 is 5.73 Å². The number of non-ortho nitro benzene ring substituents is 1. The van der Waals surface area contributed by atoms with Crippen LogP contribution in [0.25, 0.3) is 0 Å². The lowest BCUT2D eigenvalue weighted by atomic mass is 10.0. The molecule has 0 saturated carbocycles. The van der Waals surface area contributed by atoms with Gasteiger partial charge < -0.3 is 10.9 Å². The van der Waals surface area contributed by atoms with Crippen LogP contribution in [0.4, 0.5) is 11.4 Å². The average molecular weight is 257 g/mol. The third-order valence-electron chi connectivity index (χ3n) is 2.65. The van der Waals surface area contributed by atoms with E-state index in [-0.39, 0.29) is 11.4 Å². The Morgan fingerprint density at radius 3 is 2.47 bits per heavy atom. The molecule has 0 fully saturated rings. The van der Waals surface area contributed by atoms with E-state index >= 15 is 0 Å². The summed E-state index contributed by atoms with van der Waals surface area (Å²) >= 11 is 0. The van der Waals surface area contributed by atoms with Gasteiger partial charge in [0.15, 0.2) is 0 Å². The minimum absolute atomic E-state index is 0.110. The topological polar surface area (TPSA) is 102 Å². The van der Waals surface area contributed by atoms with Crippen molar-refractivity contribution in [1.82, 2.24) is 0 Å². The molecular weight excluding hydrogens is 246 g/mol. The highest BCUT2D eigenvalue weighted by atomic mass is 16.6. The second-order valence-electron chi connectivity index (χ2n) is 3.84. The molecule has 6 nitrogen and oxygen atoms in total. The zero-order valence-corrected chi connectivity index (χ0v) is 9.85. The molecule has 19 heavy (non-hydrogen) atoms. The van der Waals surface area contributed by atoms with Gasteiger partial charge in [0.2, 0.25) is 0 Å². The van der Waals surface area contributed by atoms with Gasteiger partial charge in [-0.05, 0) is 6.07 Å². The Kier molecular flexibility index (Phi) is 3.42. The van der Waals surface area contributed by atoms with E-state index in [9.17, 15) is 10.1 Å². The van der Waals surface area contributed by atoms with Crippen LogP contribution in [-0.4, -0.2) is 15.8 Å². The molecule has 0 radical (unpaired) electrons. The van der Waals surface area contributed by atoms with Crippen molar-refractivity contribution in [1.29, 1.82) is 0 Å². The van der Waals surface area contributed by atoms with Crippen molar-refractivity contribution in [3.05, 3.63) is 69.8 Å². The monoisotopic (exact) mass is 257 g/mol. The number of nitro benzene ring substituents is 1. The first-order chi connectivity index (χ1) is 9.13. The van der Waals surface area contributed by atoms with Crippen molar-refractivity contribution in [3.63, 3.8) is 0 Å². The van der Waals surface area contributed by atoms with Gasteiger partial charge in [0.25, 0.3) is 5.69 Å². The van der Waals surface area contributed by atoms with Crippen molar-refractivity contribution >= 4 is 17.1 Å². The van der Waals surface area contributed by atoms with Crippen LogP contribution in [0.1, 0.15) is 11.1 Å². The molecule has 0 unspecified atom stereocenters. The highest BCUT2D eigenvalue weighted by molar-refractivity contribution is 6.15. The molecular formula is C13H11N3O3. The third-order valence-corrected chi connectivity index (χ3v) is 2.65. The Bertz CT molecular complexity index is 639. The fourth-order valence-corrected chi connectivity index (χ4v) is 1.73. The molecule has 0 aliphatic carbocycles. The highest BCUT2D eigenvalue weighted by Gasteiger charge is 2.15. The van der Waals surface area contributed by atoms with Gasteiger partial charge in [-0.25, -0.2) is 0 Å². The molecule has 0 aliphatic rings. The summed E-state index contributed by atoms with van der Waals surface area (Å²) in [7, 11) is 0. The van der Waals surface area contributed by atoms with Gasteiger partial charge in [0.1, 0.15) is 5.71 Å². The van der Waals surface area contributed by atoms with Crippen LogP contribution in [0.3, 0.4) is 0 Å². The Morgan fingerprint density at radius 2 is 1.89 bits per heavy atom. The van der Waals surface area contributed by atoms with Crippen LogP contribution in [-0.2, 0) is 0 Å². The van der Waals surface area contributed by atoms with Gasteiger partial charge in [-0.15, -0.1) is 0 Å². The van der Waals surface area contributed by atoms with Gasteiger partial charge in [-0.1, -0.05) is 35.5 Å². The summed E-state index contributed by atoms with van der Waals surface area (Å²) in [6.07, 6.45) is 0. The molecule has 2 aromatic rings. The van der Waals surface area contributed by atoms with Crippen LogP contribution in [0.2, 0.25) is 0 Å². The lowest BCUT2D eigenvalue weighted by Gasteiger charge is -2.07. The molecule has 96 valence electrons. The van der Waals surface area contributed by atoms with Gasteiger partial charge >= 0.3 is 0 Å². The Hall–Kier alpha value is -2.89. The normalized spacial score (nSPS) is 11.3. The smallest absolute Gasteiger partial charge is 0.270 e. The summed E-state index contributed by atoms with van der Waals surface area (Å²) in [5.41, 5.74) is 7.13. The fraction of sp³-hybridized carbons (Fsp3) is 0. The summed E-state index contributed by atoms with van der Waals surface area (Å²) in [5.74, 6) is 0. The molecule has 2 aromatic carbocycles. The van der Waals surface area contributed by atoms with Crippen LogP contribution >= 0.6 is 0 Å². The van der Waals surface area contributed by atoms with Crippen LogP contribution in [0.15, 0.2) is 53.7 Å². The number of nitrogens with two attached hydrogens (primary N) is 1. The Morgan fingerprint density at radius 1 is 1.21 bits per heavy atom. The zero-order valence-electron chi connectivity index (χ0n) is 9.85. The maximum atomic E-state index is 10.8. The molecule has 0 bridgehead atoms. The lowest BCUT2D eigenvalue weighted by Crippen LogP contribution is -2.07. The quantitative estimate of drug-likeness (QED) is 0.290. The number of hydrogen-bond acceptors (Lipinski definition) is 5. The first-order valence-corrected chi connectivity index (χ1v) is 5.45. The van der Waals surface area contributed by atoms with E-state index in [0.717, 1.165) is 0 Å². The lowest BCUT2D eigenvalue weighted by molar-refractivity contribution is -0.384. The van der Waals surface area contributed by atoms with Gasteiger partial charge in [-0.2, -0.15) is 0 Å². The van der Waals surface area contributed by atoms with Crippen molar-refractivity contribution < 1.29 is 10.1 Å². The average Bonchev–Trinajstić information content (AvgIpc) is 2.42. The predicted octanol–water partition coefficient (Wildman–Crippen LogP) is 2.40. The first-order valence-electron chi connectivity index (χ1n) is 5.45. The van der Waals surface area contributed by atoms with Gasteiger partial charge in [0.05, 0.1) is 4.92 Å². The minimum atomic E-state index is -0.525. The number of rotatable bonds is 3. The molecule has 0 aliphatic heterocycles. The second-order valence-corrected chi connectivity index (χ2v) is 3.84. The van der Waals surface area contributed by atoms with E-state index in [1.54, 1.807) is 24.3 Å². The van der Waals surface area contributed by atoms with Crippen molar-refractivity contribution in [3.8, 4) is 0 Å². The molecule has 3 N–H and O–H groups in total. The molecule has 0 aromatic heterocycles. The van der Waals surface area contributed by atoms with Gasteiger partial charge in [-0.3, -0.25) is 10.1 Å². The molecule has 0 amide bonds. The number of nitrogens with zero attached hydrogens (tertiary/aromatic N) is 2. The molecule has 0 saturated heterocycles. The summed E-state index contributed by atoms with van der Waals surface area (Å²) in [4.78, 5) is 10.2.